The standard InChI is InChI=1S/C21H26N2O3S/c1-3-5-14-26-18-11-9-17(10-12-18)22-21(27)23-20(24)16-7-6-8-19(15-16)25-13-4-2/h6-12,15H,3-5,13-14H2,1-2H3,(H2,22,23,24,27). The van der Waals surface area contributed by atoms with Gasteiger partial charge in [0.05, 0.1) is 13.2 Å². The maximum Gasteiger partial charge on any atom is 0.257 e. The molecule has 2 aromatic rings. The Morgan fingerprint density at radius 3 is 2.41 bits per heavy atom. The third-order valence-electron chi connectivity index (χ3n) is 3.67. The average molecular weight is 387 g/mol. The van der Waals surface area contributed by atoms with Gasteiger partial charge in [0, 0.05) is 11.3 Å². The molecule has 0 saturated heterocycles. The molecule has 0 atom stereocenters. The van der Waals surface area contributed by atoms with Crippen LogP contribution >= 0.6 is 12.2 Å². The van der Waals surface area contributed by atoms with Crippen LogP contribution in [0.3, 0.4) is 0 Å². The third-order valence-corrected chi connectivity index (χ3v) is 3.88. The smallest absolute Gasteiger partial charge is 0.257 e. The molecule has 0 saturated carbocycles. The fourth-order valence-electron chi connectivity index (χ4n) is 2.25. The number of thiocarbonyl (C=S) groups is 1. The molecular formula is C21H26N2O3S. The molecule has 27 heavy (non-hydrogen) atoms. The number of amides is 1. The van der Waals surface area contributed by atoms with Crippen LogP contribution in [0.1, 0.15) is 43.5 Å². The summed E-state index contributed by atoms with van der Waals surface area (Å²) in [4.78, 5) is 12.4. The van der Waals surface area contributed by atoms with Crippen molar-refractivity contribution in [2.45, 2.75) is 33.1 Å². The molecule has 0 unspecified atom stereocenters. The maximum absolute atomic E-state index is 12.4. The first-order chi connectivity index (χ1) is 13.1. The highest BCUT2D eigenvalue weighted by molar-refractivity contribution is 7.80. The zero-order valence-corrected chi connectivity index (χ0v) is 16.6. The molecule has 5 nitrogen and oxygen atoms in total. The molecule has 1 amide bonds. The van der Waals surface area contributed by atoms with Gasteiger partial charge >= 0.3 is 0 Å². The number of hydrogen-bond donors (Lipinski definition) is 2. The van der Waals surface area contributed by atoms with Crippen LogP contribution < -0.4 is 20.1 Å². The van der Waals surface area contributed by atoms with Crippen molar-refractivity contribution in [2.75, 3.05) is 18.5 Å². The van der Waals surface area contributed by atoms with Crippen LogP contribution in [0.2, 0.25) is 0 Å². The predicted molar refractivity (Wildman–Crippen MR) is 113 cm³/mol. The molecule has 0 aliphatic rings. The lowest BCUT2D eigenvalue weighted by Gasteiger charge is -2.11. The van der Waals surface area contributed by atoms with Crippen molar-refractivity contribution in [3.05, 3.63) is 54.1 Å². The average Bonchev–Trinajstić information content (AvgIpc) is 2.68. The Balaban J connectivity index is 1.86. The molecule has 0 aliphatic heterocycles. The van der Waals surface area contributed by atoms with Crippen molar-refractivity contribution in [2.24, 2.45) is 0 Å². The quantitative estimate of drug-likeness (QED) is 0.480. The van der Waals surface area contributed by atoms with Crippen molar-refractivity contribution < 1.29 is 14.3 Å². The van der Waals surface area contributed by atoms with Crippen molar-refractivity contribution in [3.63, 3.8) is 0 Å². The molecule has 144 valence electrons. The van der Waals surface area contributed by atoms with Gasteiger partial charge in [-0.25, -0.2) is 0 Å². The zero-order valence-electron chi connectivity index (χ0n) is 15.8. The molecular weight excluding hydrogens is 360 g/mol. The van der Waals surface area contributed by atoms with Crippen LogP contribution in [-0.4, -0.2) is 24.2 Å². The summed E-state index contributed by atoms with van der Waals surface area (Å²) in [6, 6.07) is 14.5. The lowest BCUT2D eigenvalue weighted by molar-refractivity contribution is 0.0977. The van der Waals surface area contributed by atoms with E-state index in [2.05, 4.69) is 17.6 Å². The molecule has 0 aliphatic carbocycles. The fourth-order valence-corrected chi connectivity index (χ4v) is 2.46. The van der Waals surface area contributed by atoms with Crippen LogP contribution in [0, 0.1) is 0 Å². The van der Waals surface area contributed by atoms with Gasteiger partial charge in [-0.15, -0.1) is 0 Å². The lowest BCUT2D eigenvalue weighted by Crippen LogP contribution is -2.34. The monoisotopic (exact) mass is 386 g/mol. The van der Waals surface area contributed by atoms with E-state index < -0.39 is 0 Å². The Hall–Kier alpha value is -2.60. The first-order valence-corrected chi connectivity index (χ1v) is 9.61. The van der Waals surface area contributed by atoms with Crippen LogP contribution in [-0.2, 0) is 0 Å². The van der Waals surface area contributed by atoms with E-state index >= 15 is 0 Å². The lowest BCUT2D eigenvalue weighted by atomic mass is 10.2. The third kappa shape index (κ3) is 7.27. The number of carbonyl (C=O) groups is 1. The minimum absolute atomic E-state index is 0.236. The second-order valence-corrected chi connectivity index (χ2v) is 6.42. The second-order valence-electron chi connectivity index (χ2n) is 6.01. The maximum atomic E-state index is 12.4. The molecule has 0 fully saturated rings. The van der Waals surface area contributed by atoms with Crippen molar-refractivity contribution in [3.8, 4) is 11.5 Å². The van der Waals surface area contributed by atoms with Gasteiger partial charge in [0.15, 0.2) is 5.11 Å². The van der Waals surface area contributed by atoms with E-state index in [4.69, 9.17) is 21.7 Å². The van der Waals surface area contributed by atoms with E-state index in [0.717, 1.165) is 30.7 Å². The second kappa shape index (κ2) is 11.2. The summed E-state index contributed by atoms with van der Waals surface area (Å²) in [5, 5.41) is 5.91. The van der Waals surface area contributed by atoms with Crippen molar-refractivity contribution in [1.29, 1.82) is 0 Å². The van der Waals surface area contributed by atoms with Crippen LogP contribution in [0.5, 0.6) is 11.5 Å². The number of ether oxygens (including phenoxy) is 2. The number of rotatable bonds is 9. The summed E-state index contributed by atoms with van der Waals surface area (Å²) < 4.78 is 11.2. The number of anilines is 1. The van der Waals surface area contributed by atoms with Gasteiger partial charge in [0.2, 0.25) is 0 Å². The van der Waals surface area contributed by atoms with Crippen LogP contribution in [0.25, 0.3) is 0 Å². The van der Waals surface area contributed by atoms with Gasteiger partial charge in [-0.05, 0) is 67.5 Å². The highest BCUT2D eigenvalue weighted by Crippen LogP contribution is 2.16. The molecule has 0 radical (unpaired) electrons. The minimum Gasteiger partial charge on any atom is -0.494 e. The zero-order chi connectivity index (χ0) is 19.5. The summed E-state index contributed by atoms with van der Waals surface area (Å²) >= 11 is 5.23. The Morgan fingerprint density at radius 2 is 1.70 bits per heavy atom. The Labute approximate surface area is 166 Å². The molecule has 0 bridgehead atoms. The van der Waals surface area contributed by atoms with Crippen molar-refractivity contribution >= 4 is 28.9 Å². The van der Waals surface area contributed by atoms with Gasteiger partial charge in [-0.3, -0.25) is 10.1 Å². The van der Waals surface area contributed by atoms with Gasteiger partial charge in [0.1, 0.15) is 11.5 Å². The van der Waals surface area contributed by atoms with E-state index in [1.165, 1.54) is 0 Å². The molecule has 2 N–H and O–H groups in total. The van der Waals surface area contributed by atoms with E-state index in [1.807, 2.05) is 37.3 Å². The van der Waals surface area contributed by atoms with Gasteiger partial charge in [-0.2, -0.15) is 0 Å². The SMILES string of the molecule is CCCCOc1ccc(NC(=S)NC(=O)c2cccc(OCCC)c2)cc1. The van der Waals surface area contributed by atoms with E-state index in [1.54, 1.807) is 18.2 Å². The number of nitrogens with one attached hydrogen (secondary N) is 2. The molecule has 6 heteroatoms. The van der Waals surface area contributed by atoms with E-state index in [0.29, 0.717) is 24.5 Å². The largest absolute Gasteiger partial charge is 0.494 e. The molecule has 0 heterocycles. The van der Waals surface area contributed by atoms with Crippen molar-refractivity contribution in [1.82, 2.24) is 5.32 Å². The number of benzene rings is 2. The van der Waals surface area contributed by atoms with E-state index in [-0.39, 0.29) is 11.0 Å². The molecule has 2 rings (SSSR count). The first-order valence-electron chi connectivity index (χ1n) is 9.20. The molecule has 0 aromatic heterocycles. The number of carbonyl (C=O) groups excluding carboxylic acids is 1. The number of hydrogen-bond acceptors (Lipinski definition) is 4. The molecule has 0 spiro atoms. The Kier molecular flexibility index (Phi) is 8.58. The summed E-state index contributed by atoms with van der Waals surface area (Å²) in [5.74, 6) is 1.20. The highest BCUT2D eigenvalue weighted by atomic mass is 32.1. The summed E-state index contributed by atoms with van der Waals surface area (Å²) in [7, 11) is 0. The van der Waals surface area contributed by atoms with Gasteiger partial charge < -0.3 is 14.8 Å². The Morgan fingerprint density at radius 1 is 0.963 bits per heavy atom. The highest BCUT2D eigenvalue weighted by Gasteiger charge is 2.09. The summed E-state index contributed by atoms with van der Waals surface area (Å²) in [6.45, 7) is 5.48. The molecule has 2 aromatic carbocycles. The topological polar surface area (TPSA) is 59.6 Å². The first kappa shape index (κ1) is 20.7. The summed E-state index contributed by atoms with van der Waals surface area (Å²) in [5.41, 5.74) is 1.27. The Bertz CT molecular complexity index is 747. The van der Waals surface area contributed by atoms with Gasteiger partial charge in [-0.1, -0.05) is 26.3 Å². The van der Waals surface area contributed by atoms with Gasteiger partial charge in [0.25, 0.3) is 5.91 Å². The van der Waals surface area contributed by atoms with Crippen LogP contribution in [0.15, 0.2) is 48.5 Å². The minimum atomic E-state index is -0.283. The summed E-state index contributed by atoms with van der Waals surface area (Å²) in [6.07, 6.45) is 3.04. The predicted octanol–water partition coefficient (Wildman–Crippen LogP) is 4.78. The normalized spacial score (nSPS) is 10.1. The fraction of sp³-hybridized carbons (Fsp3) is 0.333. The number of unbranched alkanes of at least 4 members (excludes halogenated alkanes) is 1. The van der Waals surface area contributed by atoms with E-state index in [9.17, 15) is 4.79 Å². The van der Waals surface area contributed by atoms with Crippen LogP contribution in [0.4, 0.5) is 5.69 Å².